The predicted octanol–water partition coefficient (Wildman–Crippen LogP) is 9.76. The molecule has 0 radical (unpaired) electrons. The van der Waals surface area contributed by atoms with Crippen LogP contribution in [0.5, 0.6) is 0 Å². The molecule has 0 aliphatic heterocycles. The first-order valence-electron chi connectivity index (χ1n) is 13.4. The Morgan fingerprint density at radius 2 is 0.897 bits per heavy atom. The molecule has 184 valence electrons. The van der Waals surface area contributed by atoms with Crippen LogP contribution in [0.15, 0.2) is 140 Å². The fraction of sp³-hybridized carbons (Fsp3) is 0.0270. The Labute approximate surface area is 227 Å². The van der Waals surface area contributed by atoms with Crippen LogP contribution in [0, 0.1) is 0 Å². The molecule has 8 aromatic rings. The quantitative estimate of drug-likeness (QED) is 0.229. The van der Waals surface area contributed by atoms with E-state index in [0.717, 1.165) is 0 Å². The van der Waals surface area contributed by atoms with Crippen molar-refractivity contribution in [1.29, 1.82) is 0 Å². The van der Waals surface area contributed by atoms with E-state index in [0.29, 0.717) is 0 Å². The van der Waals surface area contributed by atoms with Crippen molar-refractivity contribution < 1.29 is 0 Å². The highest BCUT2D eigenvalue weighted by Crippen LogP contribution is 2.39. The average molecular weight is 499 g/mol. The monoisotopic (exact) mass is 498 g/mol. The number of aromatic nitrogens is 2. The first-order chi connectivity index (χ1) is 19.3. The van der Waals surface area contributed by atoms with Crippen molar-refractivity contribution in [2.45, 2.75) is 0 Å². The van der Waals surface area contributed by atoms with Crippen molar-refractivity contribution in [3.05, 3.63) is 140 Å². The fourth-order valence-electron chi connectivity index (χ4n) is 6.29. The van der Waals surface area contributed by atoms with Gasteiger partial charge in [-0.3, -0.25) is 0 Å². The van der Waals surface area contributed by atoms with Gasteiger partial charge in [0.1, 0.15) is 0 Å². The minimum Gasteiger partial charge on any atom is -0.344 e. The lowest BCUT2D eigenvalue weighted by Gasteiger charge is -2.14. The van der Waals surface area contributed by atoms with E-state index in [4.69, 9.17) is 0 Å². The number of nitrogens with zero attached hydrogens (tertiary/aromatic N) is 2. The second-order valence-electron chi connectivity index (χ2n) is 10.3. The number of hydrogen-bond acceptors (Lipinski definition) is 0. The van der Waals surface area contributed by atoms with Crippen molar-refractivity contribution in [2.75, 3.05) is 0 Å². The van der Waals surface area contributed by atoms with Crippen LogP contribution in [0.3, 0.4) is 0 Å². The Bertz CT molecular complexity index is 2180. The molecular formula is C37H26N2. The molecule has 0 atom stereocenters. The zero-order valence-corrected chi connectivity index (χ0v) is 21.7. The summed E-state index contributed by atoms with van der Waals surface area (Å²) in [5.41, 5.74) is 11.1. The van der Waals surface area contributed by atoms with Gasteiger partial charge in [-0.2, -0.15) is 0 Å². The highest BCUT2D eigenvalue weighted by molar-refractivity contribution is 6.12. The SMILES string of the molecule is Cn1c2ccccc2c2cc(-c3ccc4c(c3)c3ccccc3n4-c3ccccc3-c3ccccc3)ccc21. The van der Waals surface area contributed by atoms with Crippen LogP contribution in [0.1, 0.15) is 0 Å². The number of aryl methyl sites for hydroxylation is 1. The summed E-state index contributed by atoms with van der Waals surface area (Å²) in [6, 6.07) is 50.6. The van der Waals surface area contributed by atoms with Crippen LogP contribution in [0.4, 0.5) is 0 Å². The summed E-state index contributed by atoms with van der Waals surface area (Å²) in [6.07, 6.45) is 0. The lowest BCUT2D eigenvalue weighted by molar-refractivity contribution is 1.01. The van der Waals surface area contributed by atoms with Crippen molar-refractivity contribution in [3.8, 4) is 27.9 Å². The van der Waals surface area contributed by atoms with Gasteiger partial charge in [-0.25, -0.2) is 0 Å². The molecular weight excluding hydrogens is 472 g/mol. The van der Waals surface area contributed by atoms with Gasteiger partial charge < -0.3 is 9.13 Å². The minimum absolute atomic E-state index is 1.19. The van der Waals surface area contributed by atoms with E-state index >= 15 is 0 Å². The van der Waals surface area contributed by atoms with Crippen molar-refractivity contribution in [3.63, 3.8) is 0 Å². The third kappa shape index (κ3) is 3.28. The third-order valence-corrected chi connectivity index (χ3v) is 8.15. The van der Waals surface area contributed by atoms with E-state index < -0.39 is 0 Å². The molecule has 0 aliphatic rings. The van der Waals surface area contributed by atoms with Crippen LogP contribution in [-0.2, 0) is 7.05 Å². The lowest BCUT2D eigenvalue weighted by Crippen LogP contribution is -1.96. The maximum atomic E-state index is 2.42. The fourth-order valence-corrected chi connectivity index (χ4v) is 6.29. The first-order valence-corrected chi connectivity index (χ1v) is 13.4. The zero-order valence-electron chi connectivity index (χ0n) is 21.7. The minimum atomic E-state index is 1.19. The summed E-state index contributed by atoms with van der Waals surface area (Å²) in [5, 5.41) is 5.13. The molecule has 2 aromatic heterocycles. The molecule has 0 saturated carbocycles. The molecule has 2 heterocycles. The number of hydrogen-bond donors (Lipinski definition) is 0. The van der Waals surface area contributed by atoms with E-state index in [1.807, 2.05) is 0 Å². The van der Waals surface area contributed by atoms with E-state index in [1.165, 1.54) is 71.6 Å². The van der Waals surface area contributed by atoms with Gasteiger partial charge in [0.25, 0.3) is 0 Å². The summed E-state index contributed by atoms with van der Waals surface area (Å²) in [6.45, 7) is 0. The van der Waals surface area contributed by atoms with Gasteiger partial charge >= 0.3 is 0 Å². The third-order valence-electron chi connectivity index (χ3n) is 8.15. The zero-order chi connectivity index (χ0) is 25.9. The van der Waals surface area contributed by atoms with E-state index in [2.05, 4.69) is 156 Å². The van der Waals surface area contributed by atoms with E-state index in [1.54, 1.807) is 0 Å². The molecule has 0 amide bonds. The molecule has 0 bridgehead atoms. The largest absolute Gasteiger partial charge is 0.344 e. The standard InChI is InChI=1S/C37H26N2/c1-38-33-16-8-6-14-29(33)31-23-26(19-21-34(31)38)27-20-22-37-32(24-27)30-15-7-10-18-36(30)39(37)35-17-9-5-13-28(35)25-11-3-2-4-12-25/h2-24H,1H3. The Morgan fingerprint density at radius 1 is 0.385 bits per heavy atom. The molecule has 0 unspecified atom stereocenters. The van der Waals surface area contributed by atoms with Crippen LogP contribution in [0.25, 0.3) is 71.6 Å². The number of rotatable bonds is 3. The van der Waals surface area contributed by atoms with Gasteiger partial charge in [-0.05, 0) is 59.2 Å². The van der Waals surface area contributed by atoms with Gasteiger partial charge in [-0.1, -0.05) is 97.1 Å². The average Bonchev–Trinajstić information content (AvgIpc) is 3.49. The molecule has 2 heteroatoms. The second-order valence-corrected chi connectivity index (χ2v) is 10.3. The normalized spacial score (nSPS) is 11.7. The summed E-state index contributed by atoms with van der Waals surface area (Å²) in [4.78, 5) is 0. The number of benzene rings is 6. The van der Waals surface area contributed by atoms with Gasteiger partial charge in [0.15, 0.2) is 0 Å². The van der Waals surface area contributed by atoms with Gasteiger partial charge in [-0.15, -0.1) is 0 Å². The molecule has 0 fully saturated rings. The van der Waals surface area contributed by atoms with Gasteiger partial charge in [0.2, 0.25) is 0 Å². The van der Waals surface area contributed by atoms with Crippen LogP contribution in [0.2, 0.25) is 0 Å². The van der Waals surface area contributed by atoms with Gasteiger partial charge in [0.05, 0.1) is 16.7 Å². The Hall–Kier alpha value is -5.08. The lowest BCUT2D eigenvalue weighted by atomic mass is 10.0. The first kappa shape index (κ1) is 22.0. The molecule has 0 aliphatic carbocycles. The van der Waals surface area contributed by atoms with Crippen molar-refractivity contribution in [1.82, 2.24) is 9.13 Å². The topological polar surface area (TPSA) is 9.86 Å². The summed E-state index contributed by atoms with van der Waals surface area (Å²) >= 11 is 0. The molecule has 39 heavy (non-hydrogen) atoms. The number of para-hydroxylation sites is 3. The highest BCUT2D eigenvalue weighted by atomic mass is 15.0. The summed E-state index contributed by atoms with van der Waals surface area (Å²) < 4.78 is 4.71. The smallest absolute Gasteiger partial charge is 0.0541 e. The highest BCUT2D eigenvalue weighted by Gasteiger charge is 2.16. The van der Waals surface area contributed by atoms with E-state index in [-0.39, 0.29) is 0 Å². The molecule has 6 aromatic carbocycles. The second kappa shape index (κ2) is 8.47. The molecule has 0 N–H and O–H groups in total. The van der Waals surface area contributed by atoms with Crippen molar-refractivity contribution in [2.24, 2.45) is 7.05 Å². The molecule has 0 saturated heterocycles. The van der Waals surface area contributed by atoms with Crippen molar-refractivity contribution >= 4 is 43.6 Å². The molecule has 8 rings (SSSR count). The Morgan fingerprint density at radius 3 is 1.67 bits per heavy atom. The Kier molecular flexibility index (Phi) is 4.77. The summed E-state index contributed by atoms with van der Waals surface area (Å²) in [7, 11) is 2.15. The molecule has 2 nitrogen and oxygen atoms in total. The Balaban J connectivity index is 1.37. The summed E-state index contributed by atoms with van der Waals surface area (Å²) in [5.74, 6) is 0. The molecule has 0 spiro atoms. The van der Waals surface area contributed by atoms with Gasteiger partial charge in [0, 0.05) is 45.2 Å². The number of fused-ring (bicyclic) bond motifs is 6. The predicted molar refractivity (Wildman–Crippen MR) is 166 cm³/mol. The van der Waals surface area contributed by atoms with Crippen LogP contribution >= 0.6 is 0 Å². The van der Waals surface area contributed by atoms with E-state index in [9.17, 15) is 0 Å². The maximum Gasteiger partial charge on any atom is 0.0541 e. The maximum absolute atomic E-state index is 2.42. The van der Waals surface area contributed by atoms with Crippen LogP contribution < -0.4 is 0 Å². The van der Waals surface area contributed by atoms with Crippen LogP contribution in [-0.4, -0.2) is 9.13 Å².